The van der Waals surface area contributed by atoms with Crippen LogP contribution in [-0.2, 0) is 0 Å². The van der Waals surface area contributed by atoms with Crippen LogP contribution >= 0.6 is 0 Å². The summed E-state index contributed by atoms with van der Waals surface area (Å²) in [5.41, 5.74) is 6.16. The van der Waals surface area contributed by atoms with Gasteiger partial charge in [0, 0.05) is 5.69 Å². The molecule has 0 aliphatic rings. The second-order valence-electron chi connectivity index (χ2n) is 6.08. The van der Waals surface area contributed by atoms with Crippen molar-refractivity contribution < 1.29 is 0 Å². The normalized spacial score (nSPS) is 11.0. The van der Waals surface area contributed by atoms with Crippen molar-refractivity contribution in [1.82, 2.24) is 0 Å². The molecule has 0 fully saturated rings. The van der Waals surface area contributed by atoms with Gasteiger partial charge in [-0.25, -0.2) is 0 Å². The van der Waals surface area contributed by atoms with E-state index in [4.69, 9.17) is 0 Å². The highest BCUT2D eigenvalue weighted by Crippen LogP contribution is 2.29. The summed E-state index contributed by atoms with van der Waals surface area (Å²) in [7, 11) is 0. The maximum absolute atomic E-state index is 12.1. The summed E-state index contributed by atoms with van der Waals surface area (Å²) in [6, 6.07) is 11.7. The summed E-state index contributed by atoms with van der Waals surface area (Å²) in [4.78, 5) is 24.1. The summed E-state index contributed by atoms with van der Waals surface area (Å²) in [5, 5.41) is 3.16. The van der Waals surface area contributed by atoms with Crippen LogP contribution in [0.25, 0.3) is 11.1 Å². The van der Waals surface area contributed by atoms with Crippen LogP contribution in [0.1, 0.15) is 22.3 Å². The van der Waals surface area contributed by atoms with E-state index in [1.54, 1.807) is 0 Å². The Morgan fingerprint density at radius 3 is 2.22 bits per heavy atom. The van der Waals surface area contributed by atoms with Crippen molar-refractivity contribution in [2.75, 3.05) is 5.32 Å². The minimum Gasteiger partial charge on any atom is -0.351 e. The lowest BCUT2D eigenvalue weighted by atomic mass is 9.95. The molecule has 0 aliphatic heterocycles. The lowest BCUT2D eigenvalue weighted by Gasteiger charge is -2.16. The van der Waals surface area contributed by atoms with Crippen LogP contribution in [0.2, 0.25) is 0 Å². The van der Waals surface area contributed by atoms with E-state index in [0.717, 1.165) is 33.5 Å². The monoisotopic (exact) mass is 305 g/mol. The fraction of sp³-hybridized carbons (Fsp3) is 0.200. The summed E-state index contributed by atoms with van der Waals surface area (Å²) in [6.07, 6.45) is 0. The third-order valence-corrected chi connectivity index (χ3v) is 4.57. The lowest BCUT2D eigenvalue weighted by molar-refractivity contribution is 1.30. The maximum Gasteiger partial charge on any atom is 0.250 e. The number of anilines is 2. The SMILES string of the molecule is Cc1ccc(-c2c(Nc3cccc(C)c3C)c(=O)c2=O)cc1C. The number of nitrogens with one attached hydrogen (secondary N) is 1. The highest BCUT2D eigenvalue weighted by molar-refractivity contribution is 5.85. The molecule has 1 N–H and O–H groups in total. The summed E-state index contributed by atoms with van der Waals surface area (Å²) in [5.74, 6) is 0. The van der Waals surface area contributed by atoms with Crippen LogP contribution in [0.15, 0.2) is 46.0 Å². The van der Waals surface area contributed by atoms with Gasteiger partial charge in [-0.2, -0.15) is 0 Å². The van der Waals surface area contributed by atoms with Crippen LogP contribution < -0.4 is 16.2 Å². The van der Waals surface area contributed by atoms with Crippen LogP contribution in [0.4, 0.5) is 11.4 Å². The fourth-order valence-corrected chi connectivity index (χ4v) is 2.70. The predicted octanol–water partition coefficient (Wildman–Crippen LogP) is 3.93. The molecule has 3 aromatic rings. The molecule has 0 atom stereocenters. The van der Waals surface area contributed by atoms with Crippen molar-refractivity contribution in [2.24, 2.45) is 0 Å². The van der Waals surface area contributed by atoms with Gasteiger partial charge in [-0.3, -0.25) is 9.59 Å². The minimum atomic E-state index is -0.445. The molecule has 0 saturated carbocycles. The number of hydrogen-bond acceptors (Lipinski definition) is 3. The first-order valence-electron chi connectivity index (χ1n) is 7.64. The Balaban J connectivity index is 2.07. The zero-order chi connectivity index (χ0) is 16.7. The molecule has 0 bridgehead atoms. The zero-order valence-electron chi connectivity index (χ0n) is 13.8. The van der Waals surface area contributed by atoms with E-state index < -0.39 is 10.9 Å². The third-order valence-electron chi connectivity index (χ3n) is 4.57. The minimum absolute atomic E-state index is 0.395. The smallest absolute Gasteiger partial charge is 0.250 e. The van der Waals surface area contributed by atoms with Gasteiger partial charge in [-0.05, 0) is 61.6 Å². The summed E-state index contributed by atoms with van der Waals surface area (Å²) in [6.45, 7) is 8.05. The number of rotatable bonds is 3. The van der Waals surface area contributed by atoms with E-state index in [2.05, 4.69) is 5.32 Å². The average Bonchev–Trinajstić information content (AvgIpc) is 2.53. The largest absolute Gasteiger partial charge is 0.351 e. The molecule has 0 unspecified atom stereocenters. The van der Waals surface area contributed by atoms with Gasteiger partial charge in [-0.15, -0.1) is 0 Å². The molecule has 3 aromatic carbocycles. The van der Waals surface area contributed by atoms with Crippen molar-refractivity contribution in [2.45, 2.75) is 27.7 Å². The highest BCUT2D eigenvalue weighted by atomic mass is 16.2. The summed E-state index contributed by atoms with van der Waals surface area (Å²) < 4.78 is 0. The molecule has 0 saturated heterocycles. The van der Waals surface area contributed by atoms with Crippen LogP contribution in [0.3, 0.4) is 0 Å². The molecular formula is C20H19NO2. The van der Waals surface area contributed by atoms with Gasteiger partial charge in [0.15, 0.2) is 0 Å². The molecule has 0 aromatic heterocycles. The van der Waals surface area contributed by atoms with Crippen molar-refractivity contribution in [1.29, 1.82) is 0 Å². The number of benzene rings is 2. The molecule has 0 amide bonds. The lowest BCUT2D eigenvalue weighted by Crippen LogP contribution is -2.35. The molecule has 0 heterocycles. The number of hydrogen-bond donors (Lipinski definition) is 1. The first-order chi connectivity index (χ1) is 10.9. The molecule has 0 aliphatic carbocycles. The Morgan fingerprint density at radius 1 is 0.783 bits per heavy atom. The Kier molecular flexibility index (Phi) is 3.64. The quantitative estimate of drug-likeness (QED) is 0.746. The topological polar surface area (TPSA) is 46.2 Å². The van der Waals surface area contributed by atoms with Crippen molar-refractivity contribution >= 4 is 11.4 Å². The van der Waals surface area contributed by atoms with Gasteiger partial charge in [0.05, 0.1) is 5.56 Å². The second kappa shape index (κ2) is 5.51. The van der Waals surface area contributed by atoms with E-state index in [-0.39, 0.29) is 0 Å². The Labute approximate surface area is 135 Å². The highest BCUT2D eigenvalue weighted by Gasteiger charge is 2.23. The third kappa shape index (κ3) is 2.48. The molecular weight excluding hydrogens is 286 g/mol. The van der Waals surface area contributed by atoms with Gasteiger partial charge in [0.2, 0.25) is 5.43 Å². The molecule has 0 spiro atoms. The van der Waals surface area contributed by atoms with Gasteiger partial charge in [0.1, 0.15) is 5.69 Å². The molecule has 0 radical (unpaired) electrons. The first-order valence-corrected chi connectivity index (χ1v) is 7.64. The van der Waals surface area contributed by atoms with Gasteiger partial charge < -0.3 is 5.32 Å². The van der Waals surface area contributed by atoms with E-state index >= 15 is 0 Å². The van der Waals surface area contributed by atoms with Crippen LogP contribution in [0, 0.1) is 27.7 Å². The molecule has 23 heavy (non-hydrogen) atoms. The van der Waals surface area contributed by atoms with Crippen molar-refractivity contribution in [3.8, 4) is 11.1 Å². The number of aryl methyl sites for hydroxylation is 3. The van der Waals surface area contributed by atoms with E-state index in [1.807, 2.05) is 64.1 Å². The second-order valence-corrected chi connectivity index (χ2v) is 6.08. The predicted molar refractivity (Wildman–Crippen MR) is 95.5 cm³/mol. The van der Waals surface area contributed by atoms with Crippen LogP contribution in [-0.4, -0.2) is 0 Å². The first kappa shape index (κ1) is 15.2. The van der Waals surface area contributed by atoms with E-state index in [9.17, 15) is 9.59 Å². The molecule has 116 valence electrons. The Hall–Kier alpha value is -2.68. The average molecular weight is 305 g/mol. The Bertz CT molecular complexity index is 976. The standard InChI is InChI=1S/C20H19NO2/c1-11-8-9-15(10-13(11)3)17-18(20(23)19(17)22)21-16-7-5-6-12(2)14(16)4/h5-10,21H,1-4H3. The Morgan fingerprint density at radius 2 is 1.52 bits per heavy atom. The van der Waals surface area contributed by atoms with E-state index in [1.165, 1.54) is 0 Å². The van der Waals surface area contributed by atoms with Gasteiger partial charge >= 0.3 is 0 Å². The van der Waals surface area contributed by atoms with Gasteiger partial charge in [-0.1, -0.05) is 30.3 Å². The molecule has 3 rings (SSSR count). The van der Waals surface area contributed by atoms with Gasteiger partial charge in [0.25, 0.3) is 5.43 Å². The fourth-order valence-electron chi connectivity index (χ4n) is 2.70. The van der Waals surface area contributed by atoms with Crippen molar-refractivity contribution in [3.05, 3.63) is 79.1 Å². The summed E-state index contributed by atoms with van der Waals surface area (Å²) >= 11 is 0. The maximum atomic E-state index is 12.1. The zero-order valence-corrected chi connectivity index (χ0v) is 13.8. The van der Waals surface area contributed by atoms with E-state index in [0.29, 0.717) is 11.3 Å². The van der Waals surface area contributed by atoms with Crippen LogP contribution in [0.5, 0.6) is 0 Å². The van der Waals surface area contributed by atoms with Crippen molar-refractivity contribution in [3.63, 3.8) is 0 Å². The molecule has 3 heteroatoms. The molecule has 3 nitrogen and oxygen atoms in total.